The van der Waals surface area contributed by atoms with Crippen LogP contribution in [0, 0.1) is 22.9 Å². The number of ether oxygens (including phenoxy) is 2. The molecule has 0 saturated carbocycles. The molecule has 0 fully saturated rings. The molecule has 0 amide bonds. The van der Waals surface area contributed by atoms with Gasteiger partial charge in [-0.15, -0.1) is 0 Å². The molecule has 134 valence electrons. The van der Waals surface area contributed by atoms with Crippen molar-refractivity contribution in [1.82, 2.24) is 5.16 Å². The van der Waals surface area contributed by atoms with Crippen LogP contribution in [0.5, 0.6) is 11.5 Å². The Morgan fingerprint density at radius 3 is 2.62 bits per heavy atom. The lowest BCUT2D eigenvalue weighted by molar-refractivity contribution is -0.386. The van der Waals surface area contributed by atoms with E-state index in [2.05, 4.69) is 5.16 Å². The Hall–Kier alpha value is -3.42. The molecule has 8 heteroatoms. The van der Waals surface area contributed by atoms with Gasteiger partial charge in [-0.1, -0.05) is 5.16 Å². The summed E-state index contributed by atoms with van der Waals surface area (Å²) in [5.74, 6) is 0.607. The van der Waals surface area contributed by atoms with E-state index in [1.54, 1.807) is 25.1 Å². The predicted octanol–water partition coefficient (Wildman–Crippen LogP) is 4.28. The van der Waals surface area contributed by atoms with Gasteiger partial charge < -0.3 is 14.0 Å². The summed E-state index contributed by atoms with van der Waals surface area (Å²) in [6.07, 6.45) is 0. The second kappa shape index (κ2) is 7.22. The summed E-state index contributed by atoms with van der Waals surface area (Å²) in [6.45, 7) is 1.78. The first-order valence-corrected chi connectivity index (χ1v) is 7.66. The van der Waals surface area contributed by atoms with Gasteiger partial charge in [0.2, 0.25) is 0 Å². The molecule has 0 radical (unpaired) electrons. The van der Waals surface area contributed by atoms with Gasteiger partial charge in [0.25, 0.3) is 0 Å². The van der Waals surface area contributed by atoms with Crippen molar-refractivity contribution in [2.45, 2.75) is 13.5 Å². The Morgan fingerprint density at radius 1 is 1.23 bits per heavy atom. The molecule has 1 aromatic heterocycles. The van der Waals surface area contributed by atoms with Gasteiger partial charge in [-0.25, -0.2) is 4.39 Å². The fourth-order valence-electron chi connectivity index (χ4n) is 2.41. The minimum absolute atomic E-state index is 0.0102. The lowest BCUT2D eigenvalue weighted by Gasteiger charge is -2.07. The monoisotopic (exact) mass is 358 g/mol. The average Bonchev–Trinajstić information content (AvgIpc) is 3.01. The summed E-state index contributed by atoms with van der Waals surface area (Å²) in [6, 6.07) is 10.1. The van der Waals surface area contributed by atoms with Gasteiger partial charge in [-0.2, -0.15) is 0 Å². The second-order valence-corrected chi connectivity index (χ2v) is 5.47. The van der Waals surface area contributed by atoms with Crippen LogP contribution in [0.15, 0.2) is 47.0 Å². The summed E-state index contributed by atoms with van der Waals surface area (Å²) >= 11 is 0. The number of nitro benzene ring substituents is 1. The largest absolute Gasteiger partial charge is 0.496 e. The highest BCUT2D eigenvalue weighted by atomic mass is 19.1. The van der Waals surface area contributed by atoms with E-state index < -0.39 is 4.92 Å². The smallest absolute Gasteiger partial charge is 0.314 e. The molecule has 3 aromatic rings. The third-order valence-corrected chi connectivity index (χ3v) is 3.85. The third-order valence-electron chi connectivity index (χ3n) is 3.85. The van der Waals surface area contributed by atoms with Crippen LogP contribution >= 0.6 is 0 Å². The Kier molecular flexibility index (Phi) is 4.83. The Morgan fingerprint density at radius 2 is 1.96 bits per heavy atom. The first kappa shape index (κ1) is 17.4. The molecule has 0 atom stereocenters. The van der Waals surface area contributed by atoms with Crippen molar-refractivity contribution in [2.24, 2.45) is 0 Å². The van der Waals surface area contributed by atoms with Crippen LogP contribution in [0.25, 0.3) is 11.3 Å². The topological polar surface area (TPSA) is 87.6 Å². The number of halogens is 1. The van der Waals surface area contributed by atoms with Crippen LogP contribution < -0.4 is 9.47 Å². The van der Waals surface area contributed by atoms with Crippen LogP contribution in [0.4, 0.5) is 10.1 Å². The van der Waals surface area contributed by atoms with Gasteiger partial charge in [0.15, 0.2) is 11.5 Å². The summed E-state index contributed by atoms with van der Waals surface area (Å²) in [7, 11) is 1.43. The van der Waals surface area contributed by atoms with Crippen molar-refractivity contribution in [1.29, 1.82) is 0 Å². The summed E-state index contributed by atoms with van der Waals surface area (Å²) < 4.78 is 28.9. The van der Waals surface area contributed by atoms with Crippen LogP contribution in [-0.4, -0.2) is 17.2 Å². The van der Waals surface area contributed by atoms with Crippen molar-refractivity contribution < 1.29 is 23.3 Å². The maximum absolute atomic E-state index is 13.0. The van der Waals surface area contributed by atoms with E-state index in [1.807, 2.05) is 0 Å². The van der Waals surface area contributed by atoms with E-state index in [4.69, 9.17) is 14.0 Å². The number of nitrogens with zero attached hydrogens (tertiary/aromatic N) is 2. The number of rotatable bonds is 6. The first-order chi connectivity index (χ1) is 12.5. The fraction of sp³-hybridized carbons (Fsp3) is 0.167. The van der Waals surface area contributed by atoms with Crippen LogP contribution in [0.3, 0.4) is 0 Å². The molecule has 7 nitrogen and oxygen atoms in total. The highest BCUT2D eigenvalue weighted by Gasteiger charge is 2.19. The van der Waals surface area contributed by atoms with Crippen LogP contribution in [-0.2, 0) is 6.61 Å². The Labute approximate surface area is 148 Å². The number of hydrogen-bond acceptors (Lipinski definition) is 6. The lowest BCUT2D eigenvalue weighted by Crippen LogP contribution is -2.01. The van der Waals surface area contributed by atoms with E-state index in [1.165, 1.54) is 31.4 Å². The van der Waals surface area contributed by atoms with Crippen molar-refractivity contribution in [2.75, 3.05) is 7.11 Å². The van der Waals surface area contributed by atoms with Crippen molar-refractivity contribution in [3.8, 4) is 22.8 Å². The zero-order chi connectivity index (χ0) is 18.7. The van der Waals surface area contributed by atoms with E-state index in [-0.39, 0.29) is 23.9 Å². The standard InChI is InChI=1S/C18H15FN2O5/c1-11-15(20-26-18(11)12-3-5-13(19)6-4-12)10-25-17-8-7-14(24-2)9-16(17)21(22)23/h3-9H,10H2,1-2H3. The zero-order valence-corrected chi connectivity index (χ0v) is 14.1. The molecule has 0 N–H and O–H groups in total. The molecule has 1 heterocycles. The van der Waals surface area contributed by atoms with Gasteiger partial charge in [0.05, 0.1) is 18.1 Å². The van der Waals surface area contributed by atoms with Crippen LogP contribution in [0.1, 0.15) is 11.3 Å². The van der Waals surface area contributed by atoms with Crippen molar-refractivity contribution in [3.63, 3.8) is 0 Å². The lowest BCUT2D eigenvalue weighted by atomic mass is 10.1. The molecule has 0 spiro atoms. The van der Waals surface area contributed by atoms with E-state index >= 15 is 0 Å². The van der Waals surface area contributed by atoms with Crippen molar-refractivity contribution in [3.05, 3.63) is 69.7 Å². The fourth-order valence-corrected chi connectivity index (χ4v) is 2.41. The Balaban J connectivity index is 1.81. The number of nitro groups is 1. The first-order valence-electron chi connectivity index (χ1n) is 7.66. The maximum Gasteiger partial charge on any atom is 0.314 e. The second-order valence-electron chi connectivity index (χ2n) is 5.47. The van der Waals surface area contributed by atoms with Gasteiger partial charge in [0, 0.05) is 11.1 Å². The van der Waals surface area contributed by atoms with E-state index in [9.17, 15) is 14.5 Å². The highest BCUT2D eigenvalue weighted by Crippen LogP contribution is 2.32. The number of aromatic nitrogens is 1. The maximum atomic E-state index is 13.0. The molecule has 0 aliphatic carbocycles. The average molecular weight is 358 g/mol. The molecular formula is C18H15FN2O5. The molecule has 0 aliphatic rings. The summed E-state index contributed by atoms with van der Waals surface area (Å²) in [4.78, 5) is 10.6. The van der Waals surface area contributed by atoms with Crippen molar-refractivity contribution >= 4 is 5.69 Å². The normalized spacial score (nSPS) is 10.6. The SMILES string of the molecule is COc1ccc(OCc2noc(-c3ccc(F)cc3)c2C)c([N+](=O)[O-])c1. The minimum atomic E-state index is -0.544. The molecule has 2 aromatic carbocycles. The molecule has 0 unspecified atom stereocenters. The quantitative estimate of drug-likeness (QED) is 0.483. The number of methoxy groups -OCH3 is 1. The van der Waals surface area contributed by atoms with Gasteiger partial charge in [-0.3, -0.25) is 10.1 Å². The molecule has 0 saturated heterocycles. The molecule has 0 aliphatic heterocycles. The number of hydrogen-bond donors (Lipinski definition) is 0. The molecule has 0 bridgehead atoms. The van der Waals surface area contributed by atoms with Gasteiger partial charge in [0.1, 0.15) is 23.9 Å². The van der Waals surface area contributed by atoms with E-state index in [0.717, 1.165) is 0 Å². The zero-order valence-electron chi connectivity index (χ0n) is 14.1. The summed E-state index contributed by atoms with van der Waals surface area (Å²) in [5, 5.41) is 15.1. The van der Waals surface area contributed by atoms with E-state index in [0.29, 0.717) is 28.3 Å². The molecular weight excluding hydrogens is 343 g/mol. The van der Waals surface area contributed by atoms with Gasteiger partial charge in [-0.05, 0) is 43.3 Å². The van der Waals surface area contributed by atoms with Gasteiger partial charge >= 0.3 is 5.69 Å². The minimum Gasteiger partial charge on any atom is -0.496 e. The van der Waals surface area contributed by atoms with Crippen LogP contribution in [0.2, 0.25) is 0 Å². The Bertz CT molecular complexity index is 937. The highest BCUT2D eigenvalue weighted by molar-refractivity contribution is 5.61. The summed E-state index contributed by atoms with van der Waals surface area (Å²) in [5.41, 5.74) is 1.68. The molecule has 26 heavy (non-hydrogen) atoms. The predicted molar refractivity (Wildman–Crippen MR) is 90.6 cm³/mol. The third kappa shape index (κ3) is 3.49. The molecule has 3 rings (SSSR count). The number of benzene rings is 2.